The van der Waals surface area contributed by atoms with Crippen LogP contribution in [0.5, 0.6) is 5.75 Å². The van der Waals surface area contributed by atoms with Crippen LogP contribution < -0.4 is 38.3 Å². The number of H-pyrrole nitrogens is 2. The van der Waals surface area contributed by atoms with Crippen molar-refractivity contribution in [1.29, 1.82) is 0 Å². The van der Waals surface area contributed by atoms with Gasteiger partial charge in [-0.05, 0) is 79.1 Å². The molecule has 18 heteroatoms. The Bertz CT molecular complexity index is 2570. The van der Waals surface area contributed by atoms with E-state index in [9.17, 15) is 29.1 Å². The topological polar surface area (TPSA) is 308 Å². The van der Waals surface area contributed by atoms with E-state index in [1.54, 1.807) is 105 Å². The fourth-order valence-corrected chi connectivity index (χ4v) is 5.18. The number of hydrogen-bond acceptors (Lipinski definition) is 14. The largest absolute Gasteiger partial charge is 0.478 e. The summed E-state index contributed by atoms with van der Waals surface area (Å²) in [6.45, 7) is 3.78. The van der Waals surface area contributed by atoms with Gasteiger partial charge in [0.25, 0.3) is 12.0 Å². The highest BCUT2D eigenvalue weighted by molar-refractivity contribution is 5.94. The molecule has 0 spiro atoms. The number of nitrogens with zero attached hydrogens (tertiary/aromatic N) is 1. The number of aromatic carboxylic acids is 2. The van der Waals surface area contributed by atoms with Gasteiger partial charge < -0.3 is 36.0 Å². The number of ether oxygens (including phenoxy) is 1. The van der Waals surface area contributed by atoms with Crippen molar-refractivity contribution in [2.75, 3.05) is 16.3 Å². The van der Waals surface area contributed by atoms with Crippen LogP contribution in [0.2, 0.25) is 0 Å². The highest BCUT2D eigenvalue weighted by Gasteiger charge is 2.07. The molecule has 332 valence electrons. The molecule has 0 saturated carbocycles. The summed E-state index contributed by atoms with van der Waals surface area (Å²) in [5, 5.41) is 45.8. The molecule has 2 unspecified atom stereocenters. The van der Waals surface area contributed by atoms with Crippen LogP contribution >= 0.6 is 0 Å². The van der Waals surface area contributed by atoms with Crippen LogP contribution in [0.1, 0.15) is 73.8 Å². The molecule has 18 nitrogen and oxygen atoms in total. The van der Waals surface area contributed by atoms with Crippen LogP contribution in [0.15, 0.2) is 155 Å². The molecule has 0 amide bonds. The Balaban J connectivity index is 0.000000221. The van der Waals surface area contributed by atoms with E-state index in [4.69, 9.17) is 31.7 Å². The van der Waals surface area contributed by atoms with Gasteiger partial charge >= 0.3 is 11.9 Å². The third kappa shape index (κ3) is 16.2. The van der Waals surface area contributed by atoms with Crippen molar-refractivity contribution in [3.63, 3.8) is 0 Å². The molecule has 2 atom stereocenters. The number of para-hydroxylation sites is 5. The van der Waals surface area contributed by atoms with E-state index >= 15 is 0 Å². The minimum absolute atomic E-state index is 0.0596. The maximum atomic E-state index is 10.9. The number of rotatable bonds is 12. The summed E-state index contributed by atoms with van der Waals surface area (Å²) >= 11 is 0. The maximum absolute atomic E-state index is 10.9. The Morgan fingerprint density at radius 3 is 1.52 bits per heavy atom. The number of aliphatic hydroxyl groups excluding tert-OH is 2. The summed E-state index contributed by atoms with van der Waals surface area (Å²) in [6.07, 6.45) is 1.48. The lowest BCUT2D eigenvalue weighted by molar-refractivity contribution is -0.120. The van der Waals surface area contributed by atoms with E-state index in [-0.39, 0.29) is 16.7 Å². The van der Waals surface area contributed by atoms with Gasteiger partial charge in [0.2, 0.25) is 0 Å². The van der Waals surface area contributed by atoms with Gasteiger partial charge in [-0.2, -0.15) is 5.10 Å². The summed E-state index contributed by atoms with van der Waals surface area (Å²) in [6, 6.07) is 41.5. The van der Waals surface area contributed by atoms with E-state index in [1.165, 1.54) is 12.1 Å². The summed E-state index contributed by atoms with van der Waals surface area (Å²) in [5.74, 6) is 8.59. The second kappa shape index (κ2) is 26.7. The van der Waals surface area contributed by atoms with Gasteiger partial charge in [-0.3, -0.25) is 41.7 Å². The van der Waals surface area contributed by atoms with Crippen LogP contribution in [-0.4, -0.2) is 61.5 Å². The number of hydrazone groups is 1. The number of fused-ring (bicyclic) bond motifs is 1. The summed E-state index contributed by atoms with van der Waals surface area (Å²) in [7, 11) is 0. The predicted octanol–water partition coefficient (Wildman–Crippen LogP) is 6.47. The molecule has 0 saturated heterocycles. The summed E-state index contributed by atoms with van der Waals surface area (Å²) in [4.78, 5) is 52.5. The minimum Gasteiger partial charge on any atom is -0.478 e. The molecule has 64 heavy (non-hydrogen) atoms. The molecule has 7 rings (SSSR count). The van der Waals surface area contributed by atoms with Gasteiger partial charge in [-0.1, -0.05) is 97.1 Å². The number of aromatic amines is 2. The van der Waals surface area contributed by atoms with Crippen molar-refractivity contribution >= 4 is 58.9 Å². The number of nitrogens with one attached hydrogen (secondary N) is 5. The normalized spacial score (nSPS) is 10.9. The fraction of sp³-hybridized carbons (Fsp3) is 0.0870. The first-order valence-corrected chi connectivity index (χ1v) is 19.1. The van der Waals surface area contributed by atoms with E-state index in [1.807, 2.05) is 48.5 Å². The predicted molar refractivity (Wildman–Crippen MR) is 245 cm³/mol. The molecule has 0 fully saturated rings. The number of anilines is 3. The number of hydrogen-bond donors (Lipinski definition) is 11. The Morgan fingerprint density at radius 2 is 1.08 bits per heavy atom. The molecular formula is C46H48N8O10. The van der Waals surface area contributed by atoms with Gasteiger partial charge in [-0.25, -0.2) is 9.59 Å². The number of aromatic nitrogens is 2. The first-order chi connectivity index (χ1) is 30.8. The molecule has 0 aliphatic rings. The smallest absolute Gasteiger partial charge is 0.337 e. The van der Waals surface area contributed by atoms with Gasteiger partial charge in [0.1, 0.15) is 6.29 Å². The number of carbonyl (C=O) groups is 4. The standard InChI is InChI=1S/C16H16N2O3.C9H10O2.2C7H8N2O2.C7H6N2O/c1-12(20)14-8-6-13(7-9-14)10-17-18-15-4-2-3-5-16(15)21-11-19;1-7(11)9-4-2-8(6-10)3-5-9;2*8-9-6-4-2-1-3-5(6)7(10)11;10-7-5-3-1-2-4-6(5)8-9-7/h2-12,18,20H,1H3;2-7,11H,1H3;2*1-4,9H,8H2,(H,10,11);1-4H,(H2,8,9,10)/b17-10+;;;;. The first-order valence-electron chi connectivity index (χ1n) is 19.1. The fourth-order valence-electron chi connectivity index (χ4n) is 5.18. The number of carboxylic acid groups (broad SMARTS) is 2. The van der Waals surface area contributed by atoms with E-state index < -0.39 is 24.1 Å². The molecule has 13 N–H and O–H groups in total. The zero-order valence-corrected chi connectivity index (χ0v) is 34.6. The Kier molecular flexibility index (Phi) is 20.8. The molecule has 7 aromatic rings. The minimum atomic E-state index is -0.987. The average molecular weight is 873 g/mol. The van der Waals surface area contributed by atoms with Crippen molar-refractivity contribution in [3.05, 3.63) is 189 Å². The Morgan fingerprint density at radius 1 is 0.625 bits per heavy atom. The molecule has 6 aromatic carbocycles. The maximum Gasteiger partial charge on any atom is 0.337 e. The zero-order valence-electron chi connectivity index (χ0n) is 34.6. The molecule has 1 heterocycles. The molecule has 0 radical (unpaired) electrons. The number of benzene rings is 6. The van der Waals surface area contributed by atoms with E-state index in [2.05, 4.69) is 31.6 Å². The third-order valence-corrected chi connectivity index (χ3v) is 8.54. The average Bonchev–Trinajstić information content (AvgIpc) is 3.70. The zero-order chi connectivity index (χ0) is 46.9. The molecule has 0 aliphatic heterocycles. The molecule has 0 aliphatic carbocycles. The lowest BCUT2D eigenvalue weighted by Crippen LogP contribution is -2.11. The number of hydrazine groups is 2. The van der Waals surface area contributed by atoms with Gasteiger partial charge in [0.05, 0.1) is 57.5 Å². The highest BCUT2D eigenvalue weighted by Crippen LogP contribution is 2.23. The Labute approximate surface area is 366 Å². The first kappa shape index (κ1) is 49.9. The number of nitrogens with two attached hydrogens (primary N) is 2. The van der Waals surface area contributed by atoms with Crippen LogP contribution in [0, 0.1) is 0 Å². The third-order valence-electron chi connectivity index (χ3n) is 8.54. The van der Waals surface area contributed by atoms with E-state index in [0.29, 0.717) is 40.2 Å². The molecule has 1 aromatic heterocycles. The van der Waals surface area contributed by atoms with Crippen LogP contribution in [0.25, 0.3) is 10.9 Å². The summed E-state index contributed by atoms with van der Waals surface area (Å²) < 4.78 is 4.84. The van der Waals surface area contributed by atoms with Crippen LogP contribution in [0.4, 0.5) is 17.1 Å². The van der Waals surface area contributed by atoms with Crippen LogP contribution in [0.3, 0.4) is 0 Å². The Hall–Kier alpha value is -8.42. The number of carboxylic acids is 2. The highest BCUT2D eigenvalue weighted by atomic mass is 16.5. The number of nitrogen functional groups attached to an aromatic ring is 2. The van der Waals surface area contributed by atoms with Crippen molar-refractivity contribution in [1.82, 2.24) is 10.2 Å². The molecular weight excluding hydrogens is 825 g/mol. The monoisotopic (exact) mass is 872 g/mol. The molecule has 0 bridgehead atoms. The number of aliphatic hydroxyl groups is 2. The SMILES string of the molecule is CC(O)c1ccc(/C=N/Nc2ccccc2OC=O)cc1.CC(O)c1ccc(C=O)cc1.NNc1ccccc1C(=O)O.NNc1ccccc1C(=O)O.O=c1[nH][nH]c2ccccc12. The number of carbonyl (C=O) groups excluding carboxylic acids is 2. The van der Waals surface area contributed by atoms with Gasteiger partial charge in [0.15, 0.2) is 5.75 Å². The van der Waals surface area contributed by atoms with Crippen molar-refractivity contribution in [2.45, 2.75) is 26.1 Å². The second-order valence-electron chi connectivity index (χ2n) is 13.0. The van der Waals surface area contributed by atoms with Gasteiger partial charge in [-0.15, -0.1) is 0 Å². The quantitative estimate of drug-likeness (QED) is 0.0271. The van der Waals surface area contributed by atoms with Crippen molar-refractivity contribution in [2.24, 2.45) is 16.8 Å². The van der Waals surface area contributed by atoms with Crippen molar-refractivity contribution < 1.29 is 44.3 Å². The summed E-state index contributed by atoms with van der Waals surface area (Å²) in [5.41, 5.74) is 13.2. The van der Waals surface area contributed by atoms with Crippen molar-refractivity contribution in [3.8, 4) is 5.75 Å². The lowest BCUT2D eigenvalue weighted by atomic mass is 10.1. The van der Waals surface area contributed by atoms with E-state index in [0.717, 1.165) is 28.5 Å². The lowest BCUT2D eigenvalue weighted by Gasteiger charge is -2.06. The second-order valence-corrected chi connectivity index (χ2v) is 13.0. The van der Waals surface area contributed by atoms with Crippen LogP contribution in [-0.2, 0) is 4.79 Å². The van der Waals surface area contributed by atoms with Gasteiger partial charge in [0, 0.05) is 5.56 Å². The number of aldehydes is 1.